The number of hydrogen-bond acceptors (Lipinski definition) is 8. The van der Waals surface area contributed by atoms with Crippen molar-refractivity contribution < 1.29 is 27.9 Å². The number of carbonyl (C=O) groups is 2. The summed E-state index contributed by atoms with van der Waals surface area (Å²) in [6.07, 6.45) is 1.13. The van der Waals surface area contributed by atoms with E-state index in [0.29, 0.717) is 34.8 Å². The number of nitrogens with two attached hydrogens (primary N) is 1. The molecule has 3 aromatic heterocycles. The van der Waals surface area contributed by atoms with Crippen molar-refractivity contribution in [2.24, 2.45) is 16.1 Å². The van der Waals surface area contributed by atoms with Crippen LogP contribution in [-0.4, -0.2) is 87.9 Å². The second-order valence-electron chi connectivity index (χ2n) is 15.0. The predicted octanol–water partition coefficient (Wildman–Crippen LogP) is 4.78. The lowest BCUT2D eigenvalue weighted by molar-refractivity contribution is -0.141. The predicted molar refractivity (Wildman–Crippen MR) is 199 cm³/mol. The van der Waals surface area contributed by atoms with Crippen LogP contribution in [0.2, 0.25) is 5.15 Å². The first-order valence-electron chi connectivity index (χ1n) is 17.0. The maximum absolute atomic E-state index is 14.2. The molecule has 1 saturated carbocycles. The van der Waals surface area contributed by atoms with Gasteiger partial charge in [-0.3, -0.25) is 19.3 Å². The molecule has 17 heteroatoms. The normalized spacial score (nSPS) is 18.7. The molecule has 0 aliphatic heterocycles. The van der Waals surface area contributed by atoms with Gasteiger partial charge in [-0.05, 0) is 106 Å². The Morgan fingerprint density at radius 1 is 1.23 bits per heavy atom. The van der Waals surface area contributed by atoms with Crippen LogP contribution in [0.3, 0.4) is 0 Å². The molecule has 3 heterocycles. The zero-order valence-corrected chi connectivity index (χ0v) is 31.4. The number of aliphatic hydroxyl groups is 1. The Kier molecular flexibility index (Phi) is 12.6. The highest BCUT2D eigenvalue weighted by atomic mass is 35.5. The van der Waals surface area contributed by atoms with Gasteiger partial charge in [0, 0.05) is 36.6 Å². The van der Waals surface area contributed by atoms with Gasteiger partial charge in [-0.15, -0.1) is 0 Å². The minimum Gasteiger partial charge on any atom is -0.404 e. The quantitative estimate of drug-likeness (QED) is 0.0826. The highest BCUT2D eigenvalue weighted by Crippen LogP contribution is 2.61. The fourth-order valence-corrected chi connectivity index (χ4v) is 6.51. The molecule has 3 atom stereocenters. The van der Waals surface area contributed by atoms with Crippen LogP contribution in [0.25, 0.3) is 11.3 Å². The van der Waals surface area contributed by atoms with Crippen LogP contribution in [0.1, 0.15) is 82.4 Å². The van der Waals surface area contributed by atoms with Gasteiger partial charge in [-0.2, -0.15) is 18.3 Å². The molecular weight excluding hydrogens is 707 g/mol. The van der Waals surface area contributed by atoms with Crippen LogP contribution >= 0.6 is 11.6 Å². The first kappa shape index (κ1) is 41.6. The molecule has 11 nitrogen and oxygen atoms in total. The lowest BCUT2D eigenvalue weighted by Gasteiger charge is -2.33. The van der Waals surface area contributed by atoms with Gasteiger partial charge >= 0.3 is 6.18 Å². The van der Waals surface area contributed by atoms with Gasteiger partial charge in [0.15, 0.2) is 5.69 Å². The topological polar surface area (TPSA) is 152 Å². The number of nitrogens with zero attached hydrogens (tertiary/aromatic N) is 6. The molecular formula is C36H44B2ClF3N8O3. The number of rotatable bonds is 16. The summed E-state index contributed by atoms with van der Waals surface area (Å²) in [6, 6.07) is 6.58. The lowest BCUT2D eigenvalue weighted by atomic mass is 9.79. The Hall–Kier alpha value is -4.17. The third-order valence-corrected chi connectivity index (χ3v) is 9.63. The van der Waals surface area contributed by atoms with Crippen LogP contribution in [-0.2, 0) is 27.9 Å². The largest absolute Gasteiger partial charge is 0.435 e. The van der Waals surface area contributed by atoms with Gasteiger partial charge in [0.25, 0.3) is 0 Å². The van der Waals surface area contributed by atoms with Crippen molar-refractivity contribution >= 4 is 45.8 Å². The van der Waals surface area contributed by atoms with Crippen molar-refractivity contribution in [3.05, 3.63) is 76.1 Å². The number of carbonyl (C=O) groups excluding carboxylic acids is 2. The number of amides is 2. The zero-order valence-electron chi connectivity index (χ0n) is 30.7. The van der Waals surface area contributed by atoms with E-state index >= 15 is 0 Å². The van der Waals surface area contributed by atoms with Gasteiger partial charge in [-0.1, -0.05) is 24.6 Å². The second-order valence-corrected chi connectivity index (χ2v) is 15.4. The van der Waals surface area contributed by atoms with Gasteiger partial charge in [0.2, 0.25) is 12.3 Å². The van der Waals surface area contributed by atoms with E-state index in [-0.39, 0.29) is 36.5 Å². The van der Waals surface area contributed by atoms with Crippen LogP contribution in [0.4, 0.5) is 13.2 Å². The number of pyridine rings is 2. The Bertz CT molecular complexity index is 1840. The van der Waals surface area contributed by atoms with E-state index in [9.17, 15) is 27.9 Å². The minimum atomic E-state index is -4.75. The molecule has 0 spiro atoms. The van der Waals surface area contributed by atoms with Crippen LogP contribution in [0.5, 0.6) is 0 Å². The smallest absolute Gasteiger partial charge is 0.404 e. The van der Waals surface area contributed by atoms with E-state index in [1.54, 1.807) is 39.8 Å². The fraction of sp³-hybridized carbons (Fsp3) is 0.500. The highest BCUT2D eigenvalue weighted by Gasteiger charge is 2.51. The third kappa shape index (κ3) is 10.7. The van der Waals surface area contributed by atoms with Gasteiger partial charge in [0.05, 0.1) is 39.2 Å². The average molecular weight is 751 g/mol. The number of hydrogen-bond donors (Lipinski definition) is 3. The summed E-state index contributed by atoms with van der Waals surface area (Å²) in [6.45, 7) is 10.4. The molecule has 0 aromatic carbocycles. The Morgan fingerprint density at radius 3 is 2.47 bits per heavy atom. The molecule has 1 aliphatic carbocycles. The SMILES string of the molecule is [B]C([B])/N=C/C(=C\N)CC(C(=O)NC(C)(C)Cn1nc(C(F)(F)F)cc1-c1ccc(C(C)(C)O)nc1)N(C=O)CCC1(C)CC1c1ccc(Cl)nc1C. The van der Waals surface area contributed by atoms with Crippen molar-refractivity contribution in [3.8, 4) is 11.3 Å². The molecule has 3 unspecified atom stereocenters. The molecule has 2 amide bonds. The molecule has 0 bridgehead atoms. The van der Waals surface area contributed by atoms with E-state index in [0.717, 1.165) is 28.4 Å². The minimum absolute atomic E-state index is 0.0573. The number of aliphatic imine (C=N–C) groups is 1. The summed E-state index contributed by atoms with van der Waals surface area (Å²) < 4.78 is 42.8. The van der Waals surface area contributed by atoms with Crippen molar-refractivity contribution in [1.82, 2.24) is 30.0 Å². The van der Waals surface area contributed by atoms with Gasteiger partial charge < -0.3 is 26.0 Å². The summed E-state index contributed by atoms with van der Waals surface area (Å²) in [5.41, 5.74) is 5.14. The molecule has 4 radical (unpaired) electrons. The number of nitrogens with one attached hydrogen (secondary N) is 1. The molecule has 0 saturated heterocycles. The number of halogens is 4. The summed E-state index contributed by atoms with van der Waals surface area (Å²) in [4.78, 5) is 40.8. The second kappa shape index (κ2) is 16.1. The molecule has 1 fully saturated rings. The third-order valence-electron chi connectivity index (χ3n) is 9.42. The molecule has 280 valence electrons. The molecule has 4 rings (SSSR count). The first-order chi connectivity index (χ1) is 24.6. The number of aryl methyl sites for hydroxylation is 1. The molecule has 4 N–H and O–H groups in total. The summed E-state index contributed by atoms with van der Waals surface area (Å²) in [5, 5.41) is 17.5. The van der Waals surface area contributed by atoms with Crippen LogP contribution < -0.4 is 11.1 Å². The highest BCUT2D eigenvalue weighted by molar-refractivity contribution is 6.36. The fourth-order valence-electron chi connectivity index (χ4n) is 6.32. The van der Waals surface area contributed by atoms with Crippen molar-refractivity contribution in [2.45, 2.75) is 102 Å². The Morgan fingerprint density at radius 2 is 1.92 bits per heavy atom. The maximum Gasteiger partial charge on any atom is 0.435 e. The molecule has 53 heavy (non-hydrogen) atoms. The van der Waals surface area contributed by atoms with Crippen molar-refractivity contribution in [1.29, 1.82) is 0 Å². The summed E-state index contributed by atoms with van der Waals surface area (Å²) >= 11 is 6.07. The standard InChI is InChI=1S/C36H44B2ClF3N8O3/c1-21-24(8-10-30(39)46-21)25-15-35(25,6)11-12-49(20-51)27(13-22(16-43)17-45-32(37)38)31(52)47-33(2,3)19-50-26(14-29(48-50)36(40,41)42)23-7-9-28(44-18-23)34(4,5)53/h7-10,14,16-18,20,25,27,32,53H,11-13,15,19,43H2,1-6H3,(H,47,52)/b22-16-,45-17+. The molecule has 1 aliphatic rings. The molecule has 3 aromatic rings. The first-order valence-corrected chi connectivity index (χ1v) is 17.4. The van der Waals surface area contributed by atoms with E-state index in [1.165, 1.54) is 29.6 Å². The maximum atomic E-state index is 14.2. The van der Waals surface area contributed by atoms with Gasteiger partial charge in [-0.25, -0.2) is 4.98 Å². The Balaban J connectivity index is 1.60. The number of aromatic nitrogens is 4. The summed E-state index contributed by atoms with van der Waals surface area (Å²) in [7, 11) is 11.2. The van der Waals surface area contributed by atoms with E-state index in [2.05, 4.69) is 32.3 Å². The summed E-state index contributed by atoms with van der Waals surface area (Å²) in [5.74, 6) is -1.43. The van der Waals surface area contributed by atoms with Crippen LogP contribution in [0.15, 0.2) is 53.3 Å². The zero-order chi connectivity index (χ0) is 39.5. The van der Waals surface area contributed by atoms with Crippen molar-refractivity contribution in [3.63, 3.8) is 0 Å². The number of alkyl halides is 3. The van der Waals surface area contributed by atoms with E-state index < -0.39 is 40.8 Å². The van der Waals surface area contributed by atoms with Gasteiger partial charge in [0.1, 0.15) is 16.8 Å². The monoisotopic (exact) mass is 750 g/mol. The van der Waals surface area contributed by atoms with E-state index in [1.807, 2.05) is 13.0 Å². The van der Waals surface area contributed by atoms with Crippen LogP contribution in [0, 0.1) is 12.3 Å². The Labute approximate surface area is 315 Å². The van der Waals surface area contributed by atoms with E-state index in [4.69, 9.17) is 33.0 Å². The lowest BCUT2D eigenvalue weighted by Crippen LogP contribution is -2.55. The van der Waals surface area contributed by atoms with Crippen molar-refractivity contribution in [2.75, 3.05) is 6.54 Å². The average Bonchev–Trinajstić information content (AvgIpc) is 3.52.